The molecule has 2 rings (SSSR count). The zero-order chi connectivity index (χ0) is 15.9. The van der Waals surface area contributed by atoms with Crippen molar-refractivity contribution >= 4 is 11.9 Å². The Labute approximate surface area is 129 Å². The van der Waals surface area contributed by atoms with E-state index in [1.54, 1.807) is 7.11 Å². The van der Waals surface area contributed by atoms with Gasteiger partial charge >= 0.3 is 5.97 Å². The third-order valence-electron chi connectivity index (χ3n) is 3.91. The number of hydrogen-bond acceptors (Lipinski definition) is 5. The van der Waals surface area contributed by atoms with Crippen molar-refractivity contribution in [2.45, 2.75) is 32.2 Å². The van der Waals surface area contributed by atoms with Gasteiger partial charge in [-0.1, -0.05) is 11.6 Å². The first kappa shape index (κ1) is 16.4. The van der Waals surface area contributed by atoms with E-state index in [0.717, 1.165) is 38.8 Å². The summed E-state index contributed by atoms with van der Waals surface area (Å²) < 4.78 is 6.40. The van der Waals surface area contributed by atoms with Crippen LogP contribution in [0, 0.1) is 5.92 Å². The second-order valence-electron chi connectivity index (χ2n) is 5.59. The van der Waals surface area contributed by atoms with Crippen LogP contribution in [0.25, 0.3) is 0 Å². The molecule has 2 heterocycles. The Morgan fingerprint density at radius 1 is 1.45 bits per heavy atom. The Balaban J connectivity index is 1.93. The zero-order valence-electron chi connectivity index (χ0n) is 12.8. The van der Waals surface area contributed by atoms with Crippen molar-refractivity contribution in [1.82, 2.24) is 19.9 Å². The summed E-state index contributed by atoms with van der Waals surface area (Å²) in [5.74, 6) is -0.740. The molecule has 1 aliphatic rings. The van der Waals surface area contributed by atoms with Crippen molar-refractivity contribution in [3.8, 4) is 0 Å². The first-order chi connectivity index (χ1) is 10.6. The molecule has 1 unspecified atom stereocenters. The van der Waals surface area contributed by atoms with Gasteiger partial charge in [0.2, 0.25) is 5.91 Å². The average Bonchev–Trinajstić information content (AvgIpc) is 2.82. The molecule has 1 atom stereocenters. The fourth-order valence-electron chi connectivity index (χ4n) is 2.69. The number of aromatic nitrogens is 3. The van der Waals surface area contributed by atoms with Gasteiger partial charge in [-0.15, -0.1) is 5.10 Å². The number of carbonyl (C=O) groups is 2. The van der Waals surface area contributed by atoms with E-state index in [1.165, 1.54) is 10.9 Å². The second-order valence-corrected chi connectivity index (χ2v) is 5.59. The van der Waals surface area contributed by atoms with E-state index in [0.29, 0.717) is 12.5 Å². The molecule has 1 saturated heterocycles. The Morgan fingerprint density at radius 2 is 2.27 bits per heavy atom. The van der Waals surface area contributed by atoms with Gasteiger partial charge in [-0.3, -0.25) is 4.79 Å². The number of aromatic carboxylic acids is 1. The third kappa shape index (κ3) is 4.52. The van der Waals surface area contributed by atoms with E-state index >= 15 is 0 Å². The molecule has 1 N–H and O–H groups in total. The molecule has 0 saturated carbocycles. The van der Waals surface area contributed by atoms with E-state index in [1.807, 2.05) is 4.90 Å². The van der Waals surface area contributed by atoms with Crippen LogP contribution in [0.2, 0.25) is 0 Å². The molecular weight excluding hydrogens is 288 g/mol. The monoisotopic (exact) mass is 310 g/mol. The molecule has 1 aliphatic heterocycles. The molecule has 1 amide bonds. The lowest BCUT2D eigenvalue weighted by Crippen LogP contribution is -2.37. The van der Waals surface area contributed by atoms with Crippen molar-refractivity contribution in [3.05, 3.63) is 11.9 Å². The van der Waals surface area contributed by atoms with Gasteiger partial charge in [-0.25, -0.2) is 9.48 Å². The van der Waals surface area contributed by atoms with Crippen molar-refractivity contribution in [2.75, 3.05) is 26.8 Å². The van der Waals surface area contributed by atoms with E-state index in [2.05, 4.69) is 10.3 Å². The summed E-state index contributed by atoms with van der Waals surface area (Å²) in [6.45, 7) is 2.19. The summed E-state index contributed by atoms with van der Waals surface area (Å²) >= 11 is 0. The number of carboxylic acids is 1. The summed E-state index contributed by atoms with van der Waals surface area (Å²) in [6.07, 6.45) is 5.45. The van der Waals surface area contributed by atoms with Crippen molar-refractivity contribution in [2.24, 2.45) is 5.92 Å². The van der Waals surface area contributed by atoms with Gasteiger partial charge < -0.3 is 14.7 Å². The number of carbonyl (C=O) groups excluding carboxylic acids is 1. The highest BCUT2D eigenvalue weighted by Crippen LogP contribution is 2.19. The molecule has 122 valence electrons. The molecule has 1 aromatic heterocycles. The molecule has 0 aliphatic carbocycles. The lowest BCUT2D eigenvalue weighted by molar-refractivity contribution is -0.132. The van der Waals surface area contributed by atoms with Crippen molar-refractivity contribution in [1.29, 1.82) is 0 Å². The van der Waals surface area contributed by atoms with Gasteiger partial charge in [0.1, 0.15) is 6.54 Å². The van der Waals surface area contributed by atoms with Crippen LogP contribution in [0.5, 0.6) is 0 Å². The first-order valence-electron chi connectivity index (χ1n) is 7.50. The van der Waals surface area contributed by atoms with Crippen LogP contribution < -0.4 is 0 Å². The zero-order valence-corrected chi connectivity index (χ0v) is 12.8. The van der Waals surface area contributed by atoms with Crippen molar-refractivity contribution in [3.63, 3.8) is 0 Å². The second kappa shape index (κ2) is 7.88. The number of ether oxygens (including phenoxy) is 1. The molecule has 22 heavy (non-hydrogen) atoms. The molecule has 0 radical (unpaired) electrons. The molecule has 0 aromatic carbocycles. The molecule has 1 fully saturated rings. The molecule has 0 bridgehead atoms. The minimum atomic E-state index is -1.15. The Bertz CT molecular complexity index is 517. The van der Waals surface area contributed by atoms with Crippen LogP contribution in [-0.2, 0) is 16.1 Å². The number of amides is 1. The van der Waals surface area contributed by atoms with Gasteiger partial charge in [0, 0.05) is 26.8 Å². The quantitative estimate of drug-likeness (QED) is 0.828. The molecule has 8 nitrogen and oxygen atoms in total. The lowest BCUT2D eigenvalue weighted by atomic mass is 10.00. The summed E-state index contributed by atoms with van der Waals surface area (Å²) in [6, 6.07) is 0. The summed E-state index contributed by atoms with van der Waals surface area (Å²) in [7, 11) is 1.68. The number of likely N-dealkylation sites (tertiary alicyclic amines) is 1. The number of carboxylic acid groups (broad SMARTS) is 1. The number of rotatable bonds is 6. The Hall–Kier alpha value is -1.96. The van der Waals surface area contributed by atoms with Gasteiger partial charge in [-0.2, -0.15) is 0 Å². The SMILES string of the molecule is COCCC1CCCCN(C(=O)Cn2cc(C(=O)O)nn2)C1. The van der Waals surface area contributed by atoms with E-state index < -0.39 is 5.97 Å². The van der Waals surface area contributed by atoms with Crippen LogP contribution in [0.3, 0.4) is 0 Å². The highest BCUT2D eigenvalue weighted by molar-refractivity contribution is 5.84. The van der Waals surface area contributed by atoms with Crippen LogP contribution in [0.1, 0.15) is 36.2 Å². The van der Waals surface area contributed by atoms with Crippen LogP contribution in [0.4, 0.5) is 0 Å². The smallest absolute Gasteiger partial charge is 0.358 e. The lowest BCUT2D eigenvalue weighted by Gasteiger charge is -2.24. The topological polar surface area (TPSA) is 97.5 Å². The maximum Gasteiger partial charge on any atom is 0.358 e. The highest BCUT2D eigenvalue weighted by atomic mass is 16.5. The van der Waals surface area contributed by atoms with Crippen LogP contribution >= 0.6 is 0 Å². The Morgan fingerprint density at radius 3 is 2.95 bits per heavy atom. The number of nitrogens with zero attached hydrogens (tertiary/aromatic N) is 4. The Kier molecular flexibility index (Phi) is 5.88. The van der Waals surface area contributed by atoms with E-state index in [4.69, 9.17) is 9.84 Å². The molecular formula is C14H22N4O4. The standard InChI is InChI=1S/C14H22N4O4/c1-22-7-5-11-4-2-3-6-17(8-11)13(19)10-18-9-12(14(20)21)15-16-18/h9,11H,2-8,10H2,1H3,(H,20,21). The fourth-order valence-corrected chi connectivity index (χ4v) is 2.69. The third-order valence-corrected chi connectivity index (χ3v) is 3.91. The molecule has 1 aromatic rings. The number of methoxy groups -OCH3 is 1. The summed E-state index contributed by atoms with van der Waals surface area (Å²) in [5.41, 5.74) is -0.151. The van der Waals surface area contributed by atoms with Crippen LogP contribution in [0.15, 0.2) is 6.20 Å². The average molecular weight is 310 g/mol. The van der Waals surface area contributed by atoms with Gasteiger partial charge in [0.15, 0.2) is 5.69 Å². The minimum Gasteiger partial charge on any atom is -0.476 e. The van der Waals surface area contributed by atoms with Crippen LogP contribution in [-0.4, -0.2) is 63.7 Å². The predicted molar refractivity (Wildman–Crippen MR) is 77.4 cm³/mol. The maximum absolute atomic E-state index is 12.4. The summed E-state index contributed by atoms with van der Waals surface area (Å²) in [5, 5.41) is 16.0. The summed E-state index contributed by atoms with van der Waals surface area (Å²) in [4.78, 5) is 25.0. The molecule has 8 heteroatoms. The van der Waals surface area contributed by atoms with E-state index in [-0.39, 0.29) is 18.1 Å². The van der Waals surface area contributed by atoms with Gasteiger partial charge in [0.05, 0.1) is 6.20 Å². The van der Waals surface area contributed by atoms with Crippen molar-refractivity contribution < 1.29 is 19.4 Å². The first-order valence-corrected chi connectivity index (χ1v) is 7.50. The predicted octanol–water partition coefficient (Wildman–Crippen LogP) is 0.641. The van der Waals surface area contributed by atoms with Gasteiger partial charge in [-0.05, 0) is 25.2 Å². The highest BCUT2D eigenvalue weighted by Gasteiger charge is 2.22. The molecule has 0 spiro atoms. The minimum absolute atomic E-state index is 0.0251. The fraction of sp³-hybridized carbons (Fsp3) is 0.714. The number of hydrogen-bond donors (Lipinski definition) is 1. The van der Waals surface area contributed by atoms with Gasteiger partial charge in [0.25, 0.3) is 0 Å². The normalized spacial score (nSPS) is 19.0. The largest absolute Gasteiger partial charge is 0.476 e. The van der Waals surface area contributed by atoms with E-state index in [9.17, 15) is 9.59 Å². The maximum atomic E-state index is 12.4.